The van der Waals surface area contributed by atoms with E-state index < -0.39 is 30.2 Å². The number of rotatable bonds is 11. The van der Waals surface area contributed by atoms with Crippen LogP contribution < -0.4 is 20.3 Å². The highest BCUT2D eigenvalue weighted by Crippen LogP contribution is 2.38. The molecule has 4 amide bonds. The van der Waals surface area contributed by atoms with E-state index in [0.29, 0.717) is 60.2 Å². The lowest BCUT2D eigenvalue weighted by Gasteiger charge is -2.44. The fourth-order valence-corrected chi connectivity index (χ4v) is 7.87. The fraction of sp³-hybridized carbons (Fsp3) is 0.372. The number of piperazine rings is 1. The molecule has 2 aliphatic rings. The van der Waals surface area contributed by atoms with Crippen LogP contribution in [0.2, 0.25) is 0 Å². The van der Waals surface area contributed by atoms with E-state index in [4.69, 9.17) is 4.74 Å². The monoisotopic (exact) mass is 856 g/mol. The number of aromatic amines is 2. The number of pyridine rings is 1. The summed E-state index contributed by atoms with van der Waals surface area (Å²) >= 11 is 0. The molecule has 2 fully saturated rings. The van der Waals surface area contributed by atoms with Crippen LogP contribution in [0.25, 0.3) is 22.4 Å². The number of carbonyl (C=O) groups excluding carboxylic acids is 4. The summed E-state index contributed by atoms with van der Waals surface area (Å²) in [6, 6.07) is 12.7. The van der Waals surface area contributed by atoms with Crippen LogP contribution in [0.3, 0.4) is 0 Å². The second kappa shape index (κ2) is 18.0. The maximum Gasteiger partial charge on any atom is 0.573 e. The maximum atomic E-state index is 13.7. The van der Waals surface area contributed by atoms with Crippen molar-refractivity contribution in [3.05, 3.63) is 96.6 Å². The Morgan fingerprint density at radius 3 is 2.32 bits per heavy atom. The minimum atomic E-state index is -5.02. The summed E-state index contributed by atoms with van der Waals surface area (Å²) in [6.45, 7) is 9.03. The number of nitrogens with zero attached hydrogens (tertiary/aromatic N) is 6. The molecule has 19 heteroatoms. The van der Waals surface area contributed by atoms with Crippen molar-refractivity contribution in [1.82, 2.24) is 40.0 Å². The Morgan fingerprint density at radius 2 is 1.66 bits per heavy atom. The third kappa shape index (κ3) is 9.50. The lowest BCUT2D eigenvalue weighted by Crippen LogP contribution is -2.58. The minimum absolute atomic E-state index is 0.0735. The van der Waals surface area contributed by atoms with Crippen LogP contribution in [0.4, 0.5) is 29.5 Å². The molecule has 0 radical (unpaired) electrons. The standard InChI is InChI=1S/C43H47F3N10O6/c1-24(2)37(53-42(60)61-5)41(59)54-16-6-7-34(54)38-49-20-32(52-38)28-10-8-27(9-11-28)31-14-13-30(17-35(31)62-43(44,45)46)51-39(57)29-12-15-36(48-18-29)55-21-26(4)56(22-25(55)3)40(58)33-19-47-23-50-33/h8-15,17-20,23-26,34,37H,6-7,16,21-22H2,1-5H3,(H,47,50)(H,49,52)(H,51,57)(H,53,60)/t25-,26+,34+,37+/m1/s1. The SMILES string of the molecule is COC(=O)N[C@H](C(=O)N1CCC[C@H]1c1ncc(-c2ccc(-c3ccc(NC(=O)c4ccc(N5C[C@H](C)N(C(=O)c6cnc[nH]6)C[C@H]5C)nc4)cc3OC(F)(F)F)cc2)[nH]1)C(C)C. The Balaban J connectivity index is 1.02. The van der Waals surface area contributed by atoms with Gasteiger partial charge in [0.25, 0.3) is 11.8 Å². The van der Waals surface area contributed by atoms with E-state index in [1.807, 2.05) is 32.6 Å². The van der Waals surface area contributed by atoms with Crippen molar-refractivity contribution in [2.75, 3.05) is 37.0 Å². The van der Waals surface area contributed by atoms with E-state index in [9.17, 15) is 32.3 Å². The molecule has 2 aromatic carbocycles. The van der Waals surface area contributed by atoms with Gasteiger partial charge < -0.3 is 44.8 Å². The smallest absolute Gasteiger partial charge is 0.453 e. The molecule has 62 heavy (non-hydrogen) atoms. The Morgan fingerprint density at radius 1 is 0.903 bits per heavy atom. The number of aromatic nitrogens is 5. The molecule has 0 spiro atoms. The van der Waals surface area contributed by atoms with Gasteiger partial charge in [0.2, 0.25) is 5.91 Å². The number of hydrogen-bond donors (Lipinski definition) is 4. The predicted molar refractivity (Wildman–Crippen MR) is 222 cm³/mol. The van der Waals surface area contributed by atoms with Gasteiger partial charge in [0.1, 0.15) is 29.1 Å². The molecule has 4 atom stereocenters. The van der Waals surface area contributed by atoms with Crippen LogP contribution in [-0.2, 0) is 9.53 Å². The van der Waals surface area contributed by atoms with Gasteiger partial charge in [-0.15, -0.1) is 13.2 Å². The normalized spacial score (nSPS) is 18.4. The van der Waals surface area contributed by atoms with Crippen molar-refractivity contribution in [2.24, 2.45) is 5.92 Å². The number of anilines is 2. The number of ether oxygens (including phenoxy) is 2. The molecule has 2 saturated heterocycles. The first-order chi connectivity index (χ1) is 29.6. The summed E-state index contributed by atoms with van der Waals surface area (Å²) in [6.07, 6.45) is 1.68. The number of benzene rings is 2. The van der Waals surface area contributed by atoms with Gasteiger partial charge in [-0.1, -0.05) is 38.1 Å². The molecule has 326 valence electrons. The number of carbonyl (C=O) groups is 4. The molecular formula is C43H47F3N10O6. The van der Waals surface area contributed by atoms with Crippen molar-refractivity contribution < 1.29 is 41.8 Å². The van der Waals surface area contributed by atoms with Crippen LogP contribution >= 0.6 is 0 Å². The number of imidazole rings is 2. The molecule has 5 heterocycles. The highest BCUT2D eigenvalue weighted by molar-refractivity contribution is 6.04. The number of amides is 4. The van der Waals surface area contributed by atoms with Gasteiger partial charge in [-0.25, -0.2) is 19.7 Å². The van der Waals surface area contributed by atoms with E-state index in [1.54, 1.807) is 52.4 Å². The van der Waals surface area contributed by atoms with Crippen LogP contribution in [0.15, 0.2) is 79.5 Å². The second-order valence-corrected chi connectivity index (χ2v) is 15.7. The fourth-order valence-electron chi connectivity index (χ4n) is 7.87. The number of H-pyrrole nitrogens is 2. The number of alkyl halides is 3. The highest BCUT2D eigenvalue weighted by atomic mass is 19.4. The summed E-state index contributed by atoms with van der Waals surface area (Å²) < 4.78 is 50.3. The molecular weight excluding hydrogens is 810 g/mol. The lowest BCUT2D eigenvalue weighted by atomic mass is 10.0. The van der Waals surface area contributed by atoms with Gasteiger partial charge in [0.05, 0.1) is 43.1 Å². The van der Waals surface area contributed by atoms with Crippen molar-refractivity contribution in [3.8, 4) is 28.1 Å². The zero-order chi connectivity index (χ0) is 44.3. The topological polar surface area (TPSA) is 191 Å². The number of hydrogen-bond acceptors (Lipinski definition) is 10. The molecule has 7 rings (SSSR count). The summed E-state index contributed by atoms with van der Waals surface area (Å²) in [4.78, 5) is 76.4. The van der Waals surface area contributed by atoms with Gasteiger partial charge >= 0.3 is 12.5 Å². The zero-order valence-corrected chi connectivity index (χ0v) is 34.7. The molecule has 0 bridgehead atoms. The van der Waals surface area contributed by atoms with Crippen molar-refractivity contribution in [2.45, 2.75) is 71.1 Å². The van der Waals surface area contributed by atoms with E-state index in [2.05, 4.69) is 40.3 Å². The number of alkyl carbamates (subject to hydrolysis) is 1. The minimum Gasteiger partial charge on any atom is -0.453 e. The summed E-state index contributed by atoms with van der Waals surface area (Å²) in [5.74, 6) is -0.490. The lowest BCUT2D eigenvalue weighted by molar-refractivity contribution is -0.274. The van der Waals surface area contributed by atoms with Gasteiger partial charge in [-0.05, 0) is 68.0 Å². The quantitative estimate of drug-likeness (QED) is 0.110. The molecule has 5 aromatic rings. The molecule has 2 aliphatic heterocycles. The van der Waals surface area contributed by atoms with Crippen molar-refractivity contribution >= 4 is 35.3 Å². The van der Waals surface area contributed by atoms with E-state index in [0.717, 1.165) is 12.5 Å². The number of likely N-dealkylation sites (tertiary alicyclic amines) is 1. The second-order valence-electron chi connectivity index (χ2n) is 15.7. The molecule has 16 nitrogen and oxygen atoms in total. The molecule has 0 unspecified atom stereocenters. The Bertz CT molecular complexity index is 2390. The summed E-state index contributed by atoms with van der Waals surface area (Å²) in [5, 5.41) is 5.28. The predicted octanol–water partition coefficient (Wildman–Crippen LogP) is 6.80. The average Bonchev–Trinajstić information content (AvgIpc) is 4.06. The van der Waals surface area contributed by atoms with Gasteiger partial charge in [0.15, 0.2) is 0 Å². The molecule has 0 saturated carbocycles. The first kappa shape index (κ1) is 43.2. The number of methoxy groups -OCH3 is 1. The van der Waals surface area contributed by atoms with E-state index in [-0.39, 0.29) is 52.7 Å². The van der Waals surface area contributed by atoms with Crippen molar-refractivity contribution in [1.29, 1.82) is 0 Å². The largest absolute Gasteiger partial charge is 0.573 e. The maximum absolute atomic E-state index is 13.7. The highest BCUT2D eigenvalue weighted by Gasteiger charge is 2.38. The third-order valence-electron chi connectivity index (χ3n) is 11.1. The zero-order valence-electron chi connectivity index (χ0n) is 34.7. The van der Waals surface area contributed by atoms with Crippen LogP contribution in [0, 0.1) is 5.92 Å². The van der Waals surface area contributed by atoms with Crippen molar-refractivity contribution in [3.63, 3.8) is 0 Å². The molecule has 3 aromatic heterocycles. The van der Waals surface area contributed by atoms with Crippen LogP contribution in [0.5, 0.6) is 5.75 Å². The Kier molecular flexibility index (Phi) is 12.5. The molecule has 4 N–H and O–H groups in total. The van der Waals surface area contributed by atoms with Gasteiger partial charge in [-0.2, -0.15) is 0 Å². The Labute approximate surface area is 355 Å². The average molecular weight is 857 g/mol. The number of halogens is 3. The van der Waals surface area contributed by atoms with E-state index >= 15 is 0 Å². The summed E-state index contributed by atoms with van der Waals surface area (Å²) in [5.41, 5.74) is 2.56. The van der Waals surface area contributed by atoms with Gasteiger partial charge in [0, 0.05) is 55.2 Å². The first-order valence-corrected chi connectivity index (χ1v) is 20.1. The van der Waals surface area contributed by atoms with Crippen LogP contribution in [0.1, 0.15) is 73.2 Å². The van der Waals surface area contributed by atoms with E-state index in [1.165, 1.54) is 38.0 Å². The number of nitrogens with one attached hydrogen (secondary N) is 4. The van der Waals surface area contributed by atoms with Gasteiger partial charge in [-0.3, -0.25) is 14.4 Å². The third-order valence-corrected chi connectivity index (χ3v) is 11.1. The first-order valence-electron chi connectivity index (χ1n) is 20.1. The molecule has 0 aliphatic carbocycles. The Hall–Kier alpha value is -6.92. The van der Waals surface area contributed by atoms with Crippen LogP contribution in [-0.4, -0.2) is 110 Å². The summed E-state index contributed by atoms with van der Waals surface area (Å²) in [7, 11) is 1.24.